The molecule has 3 N–H and O–H groups in total. The van der Waals surface area contributed by atoms with Crippen molar-refractivity contribution in [1.29, 1.82) is 0 Å². The van der Waals surface area contributed by atoms with Gasteiger partial charge in [-0.25, -0.2) is 0 Å². The molecule has 0 aromatic heterocycles. The first-order valence-corrected chi connectivity index (χ1v) is 6.57. The van der Waals surface area contributed by atoms with Gasteiger partial charge in [-0.15, -0.1) is 0 Å². The zero-order valence-electron chi connectivity index (χ0n) is 10.9. The van der Waals surface area contributed by atoms with E-state index in [1.807, 2.05) is 36.4 Å². The molecule has 20 heavy (non-hydrogen) atoms. The maximum atomic E-state index is 6.12. The third-order valence-corrected chi connectivity index (χ3v) is 3.70. The van der Waals surface area contributed by atoms with E-state index in [2.05, 4.69) is 24.0 Å². The monoisotopic (exact) mass is 262 g/mol. The Hall–Kier alpha value is -2.68. The Morgan fingerprint density at radius 1 is 1.20 bits per heavy atom. The van der Waals surface area contributed by atoms with Crippen LogP contribution in [0.5, 0.6) is 5.75 Å². The number of nitrogens with two attached hydrogens (primary N) is 1. The summed E-state index contributed by atoms with van der Waals surface area (Å²) in [5.41, 5.74) is 8.78. The van der Waals surface area contributed by atoms with Crippen LogP contribution in [0.3, 0.4) is 0 Å². The maximum Gasteiger partial charge on any atom is 0.152 e. The van der Waals surface area contributed by atoms with E-state index in [-0.39, 0.29) is 6.04 Å². The first kappa shape index (κ1) is 11.2. The Labute approximate surface area is 117 Å². The van der Waals surface area contributed by atoms with Gasteiger partial charge < -0.3 is 15.8 Å². The average Bonchev–Trinajstić information content (AvgIpc) is 2.46. The molecule has 2 aliphatic rings. The number of hydrogen-bond acceptors (Lipinski definition) is 3. The van der Waals surface area contributed by atoms with Gasteiger partial charge in [-0.3, -0.25) is 0 Å². The number of anilines is 2. The second kappa shape index (κ2) is 3.90. The van der Waals surface area contributed by atoms with Crippen LogP contribution in [0, 0.1) is 0 Å². The van der Waals surface area contributed by atoms with Gasteiger partial charge in [0.15, 0.2) is 5.75 Å². The van der Waals surface area contributed by atoms with Crippen LogP contribution in [0.25, 0.3) is 10.8 Å². The predicted molar refractivity (Wildman–Crippen MR) is 82.8 cm³/mol. The quantitative estimate of drug-likeness (QED) is 0.713. The standard InChI is InChI=1S/C17H14N2O/c1-10-6-7-14-15(8-10)20-16-9-13(18)11-4-2-3-5-12(11)17(16)19-14/h2-9,14,19H,1,18H2. The van der Waals surface area contributed by atoms with Crippen molar-refractivity contribution in [2.24, 2.45) is 0 Å². The van der Waals surface area contributed by atoms with Crippen LogP contribution in [-0.4, -0.2) is 6.04 Å². The molecule has 0 saturated carbocycles. The van der Waals surface area contributed by atoms with Gasteiger partial charge in [-0.2, -0.15) is 0 Å². The van der Waals surface area contributed by atoms with Crippen LogP contribution in [0.2, 0.25) is 0 Å². The molecule has 3 nitrogen and oxygen atoms in total. The van der Waals surface area contributed by atoms with E-state index in [1.54, 1.807) is 0 Å². The van der Waals surface area contributed by atoms with E-state index in [9.17, 15) is 0 Å². The molecule has 0 fully saturated rings. The van der Waals surface area contributed by atoms with Crippen molar-refractivity contribution in [2.75, 3.05) is 11.1 Å². The Kier molecular flexibility index (Phi) is 2.18. The SMILES string of the molecule is C=C1C=CC2Nc3c(cc(N)c4ccccc34)OC2=C1. The van der Waals surface area contributed by atoms with Crippen LogP contribution >= 0.6 is 0 Å². The van der Waals surface area contributed by atoms with Gasteiger partial charge in [0, 0.05) is 22.5 Å². The Morgan fingerprint density at radius 3 is 2.85 bits per heavy atom. The fraction of sp³-hybridized carbons (Fsp3) is 0.0588. The number of nitrogens with one attached hydrogen (secondary N) is 1. The molecule has 1 atom stereocenters. The molecule has 4 rings (SSSR count). The Balaban J connectivity index is 1.95. The molecule has 98 valence electrons. The van der Waals surface area contributed by atoms with Crippen LogP contribution < -0.4 is 15.8 Å². The highest BCUT2D eigenvalue weighted by molar-refractivity contribution is 6.04. The molecule has 0 bridgehead atoms. The summed E-state index contributed by atoms with van der Waals surface area (Å²) in [6.07, 6.45) is 6.01. The van der Waals surface area contributed by atoms with E-state index < -0.39 is 0 Å². The minimum atomic E-state index is 0.0556. The van der Waals surface area contributed by atoms with Gasteiger partial charge in [-0.05, 0) is 11.6 Å². The first-order valence-electron chi connectivity index (χ1n) is 6.57. The summed E-state index contributed by atoms with van der Waals surface area (Å²) in [6, 6.07) is 10.0. The van der Waals surface area contributed by atoms with Crippen LogP contribution in [0.15, 0.2) is 66.5 Å². The van der Waals surface area contributed by atoms with Crippen molar-refractivity contribution in [3.8, 4) is 5.75 Å². The third kappa shape index (κ3) is 1.53. The molecule has 1 aliphatic heterocycles. The number of fused-ring (bicyclic) bond motifs is 4. The van der Waals surface area contributed by atoms with Crippen LogP contribution in [0.4, 0.5) is 11.4 Å². The van der Waals surface area contributed by atoms with Gasteiger partial charge in [0.05, 0.1) is 5.69 Å². The zero-order chi connectivity index (χ0) is 13.7. The highest BCUT2D eigenvalue weighted by Gasteiger charge is 2.26. The normalized spacial score (nSPS) is 19.7. The average molecular weight is 262 g/mol. The maximum absolute atomic E-state index is 6.12. The number of nitrogen functional groups attached to an aromatic ring is 1. The van der Waals surface area contributed by atoms with E-state index in [1.165, 1.54) is 0 Å². The highest BCUT2D eigenvalue weighted by Crippen LogP contribution is 2.42. The smallest absolute Gasteiger partial charge is 0.152 e. The number of rotatable bonds is 0. The molecular formula is C17H14N2O. The zero-order valence-corrected chi connectivity index (χ0v) is 10.9. The van der Waals surface area contributed by atoms with Crippen molar-refractivity contribution in [2.45, 2.75) is 6.04 Å². The van der Waals surface area contributed by atoms with Crippen molar-refractivity contribution in [1.82, 2.24) is 0 Å². The summed E-state index contributed by atoms with van der Waals surface area (Å²) >= 11 is 0. The summed E-state index contributed by atoms with van der Waals surface area (Å²) < 4.78 is 6.00. The lowest BCUT2D eigenvalue weighted by Crippen LogP contribution is -2.29. The molecule has 0 saturated heterocycles. The molecule has 3 heteroatoms. The molecular weight excluding hydrogens is 248 g/mol. The number of ether oxygens (including phenoxy) is 1. The van der Waals surface area contributed by atoms with Crippen molar-refractivity contribution < 1.29 is 4.74 Å². The topological polar surface area (TPSA) is 47.3 Å². The Morgan fingerprint density at radius 2 is 2.00 bits per heavy atom. The second-order valence-electron chi connectivity index (χ2n) is 5.09. The van der Waals surface area contributed by atoms with E-state index in [0.717, 1.165) is 39.2 Å². The molecule has 1 unspecified atom stereocenters. The minimum absolute atomic E-state index is 0.0556. The number of allylic oxidation sites excluding steroid dienone is 3. The lowest BCUT2D eigenvalue weighted by atomic mass is 10.00. The summed E-state index contributed by atoms with van der Waals surface area (Å²) in [4.78, 5) is 0. The van der Waals surface area contributed by atoms with E-state index >= 15 is 0 Å². The first-order chi connectivity index (χ1) is 9.72. The fourth-order valence-electron chi connectivity index (χ4n) is 2.74. The third-order valence-electron chi connectivity index (χ3n) is 3.70. The van der Waals surface area contributed by atoms with Crippen molar-refractivity contribution >= 4 is 22.1 Å². The minimum Gasteiger partial charge on any atom is -0.457 e. The predicted octanol–water partition coefficient (Wildman–Crippen LogP) is 3.60. The molecule has 0 spiro atoms. The summed E-state index contributed by atoms with van der Waals surface area (Å²) in [6.45, 7) is 3.93. The second-order valence-corrected chi connectivity index (χ2v) is 5.09. The molecule has 0 amide bonds. The number of hydrogen-bond donors (Lipinski definition) is 2. The van der Waals surface area contributed by atoms with Gasteiger partial charge in [0.1, 0.15) is 11.8 Å². The van der Waals surface area contributed by atoms with Gasteiger partial charge in [-0.1, -0.05) is 43.0 Å². The Bertz CT molecular complexity index is 802. The van der Waals surface area contributed by atoms with Gasteiger partial charge in [0.2, 0.25) is 0 Å². The molecule has 1 heterocycles. The van der Waals surface area contributed by atoms with Crippen LogP contribution in [0.1, 0.15) is 0 Å². The van der Waals surface area contributed by atoms with Crippen molar-refractivity contribution in [3.63, 3.8) is 0 Å². The van der Waals surface area contributed by atoms with Gasteiger partial charge in [0.25, 0.3) is 0 Å². The molecule has 2 aromatic rings. The largest absolute Gasteiger partial charge is 0.457 e. The lowest BCUT2D eigenvalue weighted by molar-refractivity contribution is 0.393. The lowest BCUT2D eigenvalue weighted by Gasteiger charge is -2.31. The van der Waals surface area contributed by atoms with E-state index in [0.29, 0.717) is 0 Å². The fourth-order valence-corrected chi connectivity index (χ4v) is 2.74. The summed E-state index contributed by atoms with van der Waals surface area (Å²) in [5.74, 6) is 1.63. The van der Waals surface area contributed by atoms with E-state index in [4.69, 9.17) is 10.5 Å². The molecule has 2 aromatic carbocycles. The summed E-state index contributed by atoms with van der Waals surface area (Å²) in [5, 5.41) is 5.64. The van der Waals surface area contributed by atoms with Gasteiger partial charge >= 0.3 is 0 Å². The van der Waals surface area contributed by atoms with Crippen molar-refractivity contribution in [3.05, 3.63) is 66.5 Å². The summed E-state index contributed by atoms with van der Waals surface area (Å²) in [7, 11) is 0. The van der Waals surface area contributed by atoms with Crippen LogP contribution in [-0.2, 0) is 0 Å². The highest BCUT2D eigenvalue weighted by atomic mass is 16.5. The molecule has 1 aliphatic carbocycles. The number of benzene rings is 2. The molecule has 0 radical (unpaired) electrons.